The van der Waals surface area contributed by atoms with Crippen LogP contribution < -0.4 is 10.6 Å². The van der Waals surface area contributed by atoms with Crippen LogP contribution in [0.25, 0.3) is 0 Å². The second-order valence-corrected chi connectivity index (χ2v) is 6.76. The molecule has 3 aliphatic rings. The Morgan fingerprint density at radius 1 is 1.45 bits per heavy atom. The molecule has 7 nitrogen and oxygen atoms in total. The van der Waals surface area contributed by atoms with Gasteiger partial charge in [0.05, 0.1) is 11.3 Å². The number of sulfonamides is 1. The van der Waals surface area contributed by atoms with Crippen LogP contribution in [0.3, 0.4) is 0 Å². The molecule has 2 N–H and O–H groups in total. The van der Waals surface area contributed by atoms with Gasteiger partial charge in [0.25, 0.3) is 15.9 Å². The van der Waals surface area contributed by atoms with Crippen molar-refractivity contribution in [3.05, 3.63) is 23.9 Å². The first-order chi connectivity index (χ1) is 9.53. The summed E-state index contributed by atoms with van der Waals surface area (Å²) in [6.45, 7) is 2.03. The zero-order chi connectivity index (χ0) is 14.2. The third kappa shape index (κ3) is 2.75. The molecule has 0 bridgehead atoms. The number of nitrogens with zero attached hydrogens (tertiary/aromatic N) is 2. The van der Waals surface area contributed by atoms with Gasteiger partial charge in [-0.05, 0) is 25.1 Å². The predicted octanol–water partition coefficient (Wildman–Crippen LogP) is -1.04. The smallest absolute Gasteiger partial charge is 0.256 e. The van der Waals surface area contributed by atoms with E-state index in [1.807, 2.05) is 0 Å². The monoisotopic (exact) mass is 296 g/mol. The van der Waals surface area contributed by atoms with Crippen molar-refractivity contribution in [2.24, 2.45) is 4.40 Å². The fourth-order valence-electron chi connectivity index (χ4n) is 2.38. The Labute approximate surface area is 117 Å². The van der Waals surface area contributed by atoms with Gasteiger partial charge in [0.2, 0.25) is 0 Å². The third-order valence-electron chi connectivity index (χ3n) is 3.48. The van der Waals surface area contributed by atoms with Crippen molar-refractivity contribution in [2.45, 2.75) is 12.5 Å². The van der Waals surface area contributed by atoms with Crippen LogP contribution >= 0.6 is 0 Å². The molecule has 0 spiro atoms. The van der Waals surface area contributed by atoms with Gasteiger partial charge in [-0.1, -0.05) is 0 Å². The van der Waals surface area contributed by atoms with Gasteiger partial charge in [-0.2, -0.15) is 0 Å². The van der Waals surface area contributed by atoms with Crippen LogP contribution in [0.15, 0.2) is 28.3 Å². The van der Waals surface area contributed by atoms with Gasteiger partial charge in [0.15, 0.2) is 0 Å². The summed E-state index contributed by atoms with van der Waals surface area (Å²) in [7, 11) is -3.35. The van der Waals surface area contributed by atoms with Crippen LogP contribution in [-0.2, 0) is 14.8 Å². The molecular formula is C12H16N4O3S. The summed E-state index contributed by atoms with van der Waals surface area (Å²) in [4.78, 5) is 13.8. The molecule has 1 amide bonds. The first-order valence-corrected chi connectivity index (χ1v) is 8.15. The Morgan fingerprint density at radius 2 is 2.30 bits per heavy atom. The highest BCUT2D eigenvalue weighted by atomic mass is 32.2. The molecular weight excluding hydrogens is 280 g/mol. The van der Waals surface area contributed by atoms with E-state index in [9.17, 15) is 13.2 Å². The van der Waals surface area contributed by atoms with Crippen LogP contribution in [-0.4, -0.2) is 56.5 Å². The van der Waals surface area contributed by atoms with Crippen molar-refractivity contribution in [3.8, 4) is 0 Å². The van der Waals surface area contributed by atoms with Crippen molar-refractivity contribution in [2.75, 3.05) is 25.4 Å². The maximum absolute atomic E-state index is 12.1. The highest BCUT2D eigenvalue weighted by Crippen LogP contribution is 2.16. The number of amides is 1. The number of nitrogens with one attached hydrogen (secondary N) is 2. The average Bonchev–Trinajstić information content (AvgIpc) is 2.90. The maximum atomic E-state index is 12.1. The van der Waals surface area contributed by atoms with Crippen LogP contribution in [0.4, 0.5) is 0 Å². The fourth-order valence-corrected chi connectivity index (χ4v) is 3.35. The number of fused-ring (bicyclic) bond motifs is 1. The first kappa shape index (κ1) is 13.3. The molecule has 20 heavy (non-hydrogen) atoms. The van der Waals surface area contributed by atoms with E-state index in [0.29, 0.717) is 18.0 Å². The van der Waals surface area contributed by atoms with Gasteiger partial charge in [0.1, 0.15) is 5.84 Å². The summed E-state index contributed by atoms with van der Waals surface area (Å²) < 4.78 is 26.5. The molecule has 3 heterocycles. The van der Waals surface area contributed by atoms with Gasteiger partial charge < -0.3 is 15.5 Å². The van der Waals surface area contributed by atoms with E-state index in [1.54, 1.807) is 23.3 Å². The quantitative estimate of drug-likeness (QED) is 0.679. The van der Waals surface area contributed by atoms with Crippen molar-refractivity contribution >= 4 is 21.8 Å². The number of amidine groups is 1. The minimum Gasteiger partial charge on any atom is -0.348 e. The third-order valence-corrected chi connectivity index (χ3v) is 4.65. The van der Waals surface area contributed by atoms with E-state index in [-0.39, 0.29) is 17.7 Å². The minimum absolute atomic E-state index is 0.0255. The Hall–Kier alpha value is -1.67. The molecule has 1 fully saturated rings. The zero-order valence-corrected chi connectivity index (χ0v) is 11.7. The fraction of sp³-hybridized carbons (Fsp3) is 0.500. The molecule has 3 aliphatic heterocycles. The molecule has 1 atom stereocenters. The zero-order valence-electron chi connectivity index (χ0n) is 10.9. The lowest BCUT2D eigenvalue weighted by Gasteiger charge is -2.27. The molecule has 108 valence electrons. The average molecular weight is 296 g/mol. The van der Waals surface area contributed by atoms with E-state index < -0.39 is 10.0 Å². The molecule has 0 aromatic carbocycles. The van der Waals surface area contributed by atoms with Crippen LogP contribution in [0.1, 0.15) is 6.42 Å². The maximum Gasteiger partial charge on any atom is 0.256 e. The van der Waals surface area contributed by atoms with Crippen molar-refractivity contribution < 1.29 is 13.2 Å². The lowest BCUT2D eigenvalue weighted by atomic mass is 10.1. The second kappa shape index (κ2) is 5.02. The molecule has 0 aromatic heterocycles. The predicted molar refractivity (Wildman–Crippen MR) is 74.6 cm³/mol. The van der Waals surface area contributed by atoms with Gasteiger partial charge in [0, 0.05) is 25.3 Å². The standard InChI is InChI=1S/C12H16N4O3S/c17-12(14-10-3-4-13-7-10)9-1-2-11-15-20(18,19)6-5-16(11)8-9/h1-2,8,10,13H,3-7H2,(H,14,17). The molecule has 3 rings (SSSR count). The van der Waals surface area contributed by atoms with Gasteiger partial charge in [-0.15, -0.1) is 4.40 Å². The SMILES string of the molecule is O=C(NC1CCNC1)C1=CN2CCS(=O)(=O)N=C2C=C1. The lowest BCUT2D eigenvalue weighted by Crippen LogP contribution is -2.40. The summed E-state index contributed by atoms with van der Waals surface area (Å²) in [5.41, 5.74) is 0.523. The molecule has 0 aliphatic carbocycles. The molecule has 1 unspecified atom stereocenters. The van der Waals surface area contributed by atoms with E-state index in [4.69, 9.17) is 0 Å². The summed E-state index contributed by atoms with van der Waals surface area (Å²) in [6.07, 6.45) is 5.76. The Balaban J connectivity index is 1.72. The second-order valence-electron chi connectivity index (χ2n) is 5.01. The highest BCUT2D eigenvalue weighted by molar-refractivity contribution is 7.90. The molecule has 0 radical (unpaired) electrons. The van der Waals surface area contributed by atoms with Crippen LogP contribution in [0, 0.1) is 0 Å². The van der Waals surface area contributed by atoms with E-state index >= 15 is 0 Å². The first-order valence-electron chi connectivity index (χ1n) is 6.54. The lowest BCUT2D eigenvalue weighted by molar-refractivity contribution is -0.117. The number of hydrogen-bond donors (Lipinski definition) is 2. The molecule has 1 saturated heterocycles. The summed E-state index contributed by atoms with van der Waals surface area (Å²) in [5.74, 6) is 0.209. The summed E-state index contributed by atoms with van der Waals surface area (Å²) in [6, 6.07) is 0.161. The van der Waals surface area contributed by atoms with Gasteiger partial charge in [-0.3, -0.25) is 4.79 Å². The Bertz CT molecular complexity index is 615. The molecule has 8 heteroatoms. The van der Waals surface area contributed by atoms with Crippen LogP contribution in [0.2, 0.25) is 0 Å². The number of carbonyl (C=O) groups excluding carboxylic acids is 1. The van der Waals surface area contributed by atoms with Crippen molar-refractivity contribution in [3.63, 3.8) is 0 Å². The van der Waals surface area contributed by atoms with Gasteiger partial charge >= 0.3 is 0 Å². The van der Waals surface area contributed by atoms with E-state index in [2.05, 4.69) is 15.0 Å². The number of rotatable bonds is 2. The van der Waals surface area contributed by atoms with E-state index in [1.165, 1.54) is 0 Å². The van der Waals surface area contributed by atoms with E-state index in [0.717, 1.165) is 19.5 Å². The minimum atomic E-state index is -3.35. The summed E-state index contributed by atoms with van der Waals surface area (Å²) in [5, 5.41) is 6.14. The summed E-state index contributed by atoms with van der Waals surface area (Å²) >= 11 is 0. The Kier molecular flexibility index (Phi) is 3.35. The molecule has 0 saturated carbocycles. The van der Waals surface area contributed by atoms with Crippen LogP contribution in [0.5, 0.6) is 0 Å². The highest BCUT2D eigenvalue weighted by Gasteiger charge is 2.26. The van der Waals surface area contributed by atoms with Gasteiger partial charge in [-0.25, -0.2) is 8.42 Å². The van der Waals surface area contributed by atoms with Crippen molar-refractivity contribution in [1.29, 1.82) is 0 Å². The number of carbonyl (C=O) groups is 1. The Morgan fingerprint density at radius 3 is 3.05 bits per heavy atom. The normalized spacial score (nSPS) is 27.6. The molecule has 0 aromatic rings. The van der Waals surface area contributed by atoms with Crippen molar-refractivity contribution in [1.82, 2.24) is 15.5 Å². The topological polar surface area (TPSA) is 90.9 Å². The number of hydrogen-bond acceptors (Lipinski definition) is 5. The largest absolute Gasteiger partial charge is 0.348 e.